The number of aromatic nitrogens is 2. The molecule has 2 heterocycles. The molecule has 2 aromatic heterocycles. The highest BCUT2D eigenvalue weighted by molar-refractivity contribution is 6.12. The second-order valence-electron chi connectivity index (χ2n) is 14.9. The van der Waals surface area contributed by atoms with Gasteiger partial charge in [-0.05, 0) is 123 Å². The summed E-state index contributed by atoms with van der Waals surface area (Å²) < 4.78 is 4.88. The molecule has 0 bridgehead atoms. The summed E-state index contributed by atoms with van der Waals surface area (Å²) in [5.41, 5.74) is 18.1. The lowest BCUT2D eigenvalue weighted by Crippen LogP contribution is -2.02. The first kappa shape index (κ1) is 29.0. The van der Waals surface area contributed by atoms with Crippen molar-refractivity contribution in [1.82, 2.24) is 9.13 Å². The van der Waals surface area contributed by atoms with E-state index in [0.29, 0.717) is 11.8 Å². The van der Waals surface area contributed by atoms with Crippen LogP contribution in [-0.4, -0.2) is 9.13 Å². The van der Waals surface area contributed by atoms with E-state index in [1.165, 1.54) is 106 Å². The largest absolute Gasteiger partial charge is 0.309 e. The lowest BCUT2D eigenvalue weighted by Gasteiger charge is -2.21. The van der Waals surface area contributed by atoms with Gasteiger partial charge in [0.05, 0.1) is 22.1 Å². The fraction of sp³-hybridized carbons (Fsp3) is 0.0588. The van der Waals surface area contributed by atoms with Crippen molar-refractivity contribution in [2.45, 2.75) is 18.3 Å². The van der Waals surface area contributed by atoms with Crippen LogP contribution in [0.15, 0.2) is 182 Å². The van der Waals surface area contributed by atoms with Gasteiger partial charge in [0, 0.05) is 32.9 Å². The zero-order chi connectivity index (χ0) is 34.6. The molecular weight excluding hydrogens is 641 g/mol. The molecule has 2 aliphatic rings. The number of hydrogen-bond donors (Lipinski definition) is 0. The smallest absolute Gasteiger partial charge is 0.0541 e. The summed E-state index contributed by atoms with van der Waals surface area (Å²) in [4.78, 5) is 0. The van der Waals surface area contributed by atoms with Gasteiger partial charge in [-0.25, -0.2) is 0 Å². The van der Waals surface area contributed by atoms with Crippen molar-refractivity contribution in [1.29, 1.82) is 0 Å². The molecule has 248 valence electrons. The second-order valence-corrected chi connectivity index (χ2v) is 14.9. The maximum Gasteiger partial charge on any atom is 0.0541 e. The molecule has 12 rings (SSSR count). The van der Waals surface area contributed by atoms with Crippen LogP contribution in [0.4, 0.5) is 0 Å². The fourth-order valence-electron chi connectivity index (χ4n) is 9.48. The van der Waals surface area contributed by atoms with Gasteiger partial charge in [0.2, 0.25) is 0 Å². The van der Waals surface area contributed by atoms with Crippen LogP contribution in [0.5, 0.6) is 0 Å². The number of para-hydroxylation sites is 2. The summed E-state index contributed by atoms with van der Waals surface area (Å²) in [6.45, 7) is 0. The fourth-order valence-corrected chi connectivity index (χ4v) is 9.48. The van der Waals surface area contributed by atoms with Crippen molar-refractivity contribution < 1.29 is 0 Å². The van der Waals surface area contributed by atoms with Gasteiger partial charge in [-0.15, -0.1) is 0 Å². The van der Waals surface area contributed by atoms with Crippen molar-refractivity contribution in [3.8, 4) is 44.8 Å². The molecule has 0 saturated heterocycles. The average Bonchev–Trinajstić information content (AvgIpc) is 3.89. The Balaban J connectivity index is 0.982. The third-order valence-corrected chi connectivity index (χ3v) is 12.0. The lowest BCUT2D eigenvalue weighted by atomic mass is 9.85. The molecule has 2 heteroatoms. The zero-order valence-corrected chi connectivity index (χ0v) is 29.1. The SMILES string of the molecule is c1ccc(-c2ccc(-n3c4ccccc4c4cc(-c5ccc6c(c5)c5ccccc5n6-c5ccc6c(c5)[C@@H]5CC5c5ccccc5-6)ccc43)cc2)cc1. The molecule has 0 radical (unpaired) electrons. The summed E-state index contributed by atoms with van der Waals surface area (Å²) in [5, 5.41) is 5.10. The molecule has 2 aliphatic carbocycles. The van der Waals surface area contributed by atoms with Crippen LogP contribution >= 0.6 is 0 Å². The van der Waals surface area contributed by atoms with E-state index in [0.717, 1.165) is 0 Å². The third kappa shape index (κ3) is 4.27. The Hall–Kier alpha value is -6.64. The number of benzene rings is 8. The summed E-state index contributed by atoms with van der Waals surface area (Å²) in [7, 11) is 0. The molecule has 53 heavy (non-hydrogen) atoms. The summed E-state index contributed by atoms with van der Waals surface area (Å²) in [6.07, 6.45) is 1.26. The molecule has 0 N–H and O–H groups in total. The van der Waals surface area contributed by atoms with E-state index < -0.39 is 0 Å². The number of fused-ring (bicyclic) bond motifs is 12. The van der Waals surface area contributed by atoms with Crippen molar-refractivity contribution in [2.24, 2.45) is 0 Å². The van der Waals surface area contributed by atoms with Gasteiger partial charge < -0.3 is 9.13 Å². The average molecular weight is 675 g/mol. The zero-order valence-electron chi connectivity index (χ0n) is 29.1. The molecule has 1 unspecified atom stereocenters. The molecule has 2 nitrogen and oxygen atoms in total. The Kier molecular flexibility index (Phi) is 5.98. The number of hydrogen-bond acceptors (Lipinski definition) is 0. The molecule has 10 aromatic rings. The summed E-state index contributed by atoms with van der Waals surface area (Å²) in [5.74, 6) is 1.30. The standard InChI is InChI=1S/C51H34N2/c1-2-10-32(11-3-1)33-18-22-36(23-19-33)52-48-16-8-6-14-41(48)46-28-34(20-26-50(46)52)35-21-27-51-47(29-35)42-15-7-9-17-49(42)53(51)37-24-25-40-38-12-4-5-13-39(38)44-31-45(44)43(40)30-37/h1-30,44-45H,31H2/t44?,45-/m0/s1. The Morgan fingerprint density at radius 2 is 0.811 bits per heavy atom. The second kappa shape index (κ2) is 10.9. The number of nitrogens with zero attached hydrogens (tertiary/aromatic N) is 2. The van der Waals surface area contributed by atoms with Crippen LogP contribution in [-0.2, 0) is 0 Å². The van der Waals surface area contributed by atoms with Crippen LogP contribution in [0.2, 0.25) is 0 Å². The first-order valence-corrected chi connectivity index (χ1v) is 18.7. The first-order valence-electron chi connectivity index (χ1n) is 18.7. The van der Waals surface area contributed by atoms with Crippen molar-refractivity contribution in [3.63, 3.8) is 0 Å². The Bertz CT molecular complexity index is 3090. The quantitative estimate of drug-likeness (QED) is 0.176. The summed E-state index contributed by atoms with van der Waals surface area (Å²) in [6, 6.07) is 67.5. The monoisotopic (exact) mass is 674 g/mol. The van der Waals surface area contributed by atoms with Crippen molar-refractivity contribution in [3.05, 3.63) is 193 Å². The van der Waals surface area contributed by atoms with Crippen LogP contribution in [0, 0.1) is 0 Å². The maximum atomic E-state index is 2.48. The Morgan fingerprint density at radius 3 is 1.51 bits per heavy atom. The lowest BCUT2D eigenvalue weighted by molar-refractivity contribution is 0.999. The van der Waals surface area contributed by atoms with Crippen LogP contribution in [0.3, 0.4) is 0 Å². The van der Waals surface area contributed by atoms with E-state index in [2.05, 4.69) is 191 Å². The highest BCUT2D eigenvalue weighted by Crippen LogP contribution is 2.62. The van der Waals surface area contributed by atoms with Gasteiger partial charge in [-0.1, -0.05) is 121 Å². The van der Waals surface area contributed by atoms with Gasteiger partial charge >= 0.3 is 0 Å². The topological polar surface area (TPSA) is 9.86 Å². The number of rotatable bonds is 4. The van der Waals surface area contributed by atoms with E-state index in [-0.39, 0.29) is 0 Å². The molecular formula is C51H34N2. The van der Waals surface area contributed by atoms with Gasteiger partial charge in [0.25, 0.3) is 0 Å². The normalized spacial score (nSPS) is 15.8. The van der Waals surface area contributed by atoms with Crippen LogP contribution in [0.25, 0.3) is 88.4 Å². The minimum Gasteiger partial charge on any atom is -0.309 e. The van der Waals surface area contributed by atoms with Gasteiger partial charge in [0.15, 0.2) is 0 Å². The summed E-state index contributed by atoms with van der Waals surface area (Å²) >= 11 is 0. The minimum atomic E-state index is 0.633. The van der Waals surface area contributed by atoms with E-state index in [9.17, 15) is 0 Å². The van der Waals surface area contributed by atoms with Crippen molar-refractivity contribution >= 4 is 43.6 Å². The van der Waals surface area contributed by atoms with E-state index in [1.807, 2.05) is 0 Å². The first-order chi connectivity index (χ1) is 26.3. The molecule has 0 aliphatic heterocycles. The molecule has 1 saturated carbocycles. The van der Waals surface area contributed by atoms with Crippen LogP contribution in [0.1, 0.15) is 29.4 Å². The minimum absolute atomic E-state index is 0.633. The molecule has 0 spiro atoms. The van der Waals surface area contributed by atoms with E-state index in [1.54, 1.807) is 0 Å². The Morgan fingerprint density at radius 1 is 0.321 bits per heavy atom. The predicted molar refractivity (Wildman–Crippen MR) is 222 cm³/mol. The predicted octanol–water partition coefficient (Wildman–Crippen LogP) is 13.5. The molecule has 8 aromatic carbocycles. The molecule has 0 amide bonds. The van der Waals surface area contributed by atoms with E-state index in [4.69, 9.17) is 0 Å². The Labute approximate surface area is 307 Å². The third-order valence-electron chi connectivity index (χ3n) is 12.0. The van der Waals surface area contributed by atoms with Crippen molar-refractivity contribution in [2.75, 3.05) is 0 Å². The van der Waals surface area contributed by atoms with Crippen LogP contribution < -0.4 is 0 Å². The van der Waals surface area contributed by atoms with E-state index >= 15 is 0 Å². The van der Waals surface area contributed by atoms with Gasteiger partial charge in [0.1, 0.15) is 0 Å². The van der Waals surface area contributed by atoms with Gasteiger partial charge in [-0.2, -0.15) is 0 Å². The molecule has 1 fully saturated rings. The molecule has 2 atom stereocenters. The van der Waals surface area contributed by atoms with Gasteiger partial charge in [-0.3, -0.25) is 0 Å². The maximum absolute atomic E-state index is 2.48. The highest BCUT2D eigenvalue weighted by atomic mass is 15.0. The highest BCUT2D eigenvalue weighted by Gasteiger charge is 2.45.